The van der Waals surface area contributed by atoms with Crippen LogP contribution in [0.3, 0.4) is 0 Å². The summed E-state index contributed by atoms with van der Waals surface area (Å²) in [5.74, 6) is 0. The average Bonchev–Trinajstić information content (AvgIpc) is 2.57. The van der Waals surface area contributed by atoms with Crippen molar-refractivity contribution in [2.75, 3.05) is 13.2 Å². The lowest BCUT2D eigenvalue weighted by Gasteiger charge is -2.41. The van der Waals surface area contributed by atoms with Crippen molar-refractivity contribution < 1.29 is 50.4 Å². The van der Waals surface area contributed by atoms with Gasteiger partial charge >= 0.3 is 0 Å². The van der Waals surface area contributed by atoms with Gasteiger partial charge in [-0.1, -0.05) is 0 Å². The van der Waals surface area contributed by atoms with Crippen LogP contribution in [0, 0.1) is 0 Å². The number of thioether (sulfide) groups is 1. The van der Waals surface area contributed by atoms with Gasteiger partial charge in [0.15, 0.2) is 0 Å². The van der Waals surface area contributed by atoms with Gasteiger partial charge in [0.2, 0.25) is 0 Å². The van der Waals surface area contributed by atoms with E-state index < -0.39 is 66.6 Å². The third-order valence-electron chi connectivity index (χ3n) is 3.53. The topological polar surface area (TPSA) is 188 Å². The van der Waals surface area contributed by atoms with Crippen molar-refractivity contribution in [1.82, 2.24) is 0 Å². The summed E-state index contributed by atoms with van der Waals surface area (Å²) in [6, 6.07) is 0. The monoisotopic (exact) mass is 358 g/mol. The normalized spacial score (nSPS) is 37.0. The van der Waals surface area contributed by atoms with Crippen molar-refractivity contribution in [3.63, 3.8) is 0 Å². The fourth-order valence-corrected chi connectivity index (χ4v) is 3.51. The molecule has 0 amide bonds. The largest absolute Gasteiger partial charge is 0.394 e. The number of aliphatic hydroxyl groups is 8. The van der Waals surface area contributed by atoms with Gasteiger partial charge in [-0.15, -0.1) is 11.8 Å². The van der Waals surface area contributed by atoms with Crippen molar-refractivity contribution in [3.8, 4) is 0 Å². The highest BCUT2D eigenvalue weighted by Crippen LogP contribution is 2.33. The first-order valence-electron chi connectivity index (χ1n) is 6.84. The number of hydrogen-bond donors (Lipinski definition) is 8. The van der Waals surface area contributed by atoms with Crippen LogP contribution < -0.4 is 0 Å². The van der Waals surface area contributed by atoms with E-state index in [4.69, 9.17) is 14.9 Å². The van der Waals surface area contributed by atoms with Gasteiger partial charge in [-0.05, 0) is 0 Å². The van der Waals surface area contributed by atoms with Gasteiger partial charge in [-0.25, -0.2) is 0 Å². The lowest BCUT2D eigenvalue weighted by Crippen LogP contribution is -2.58. The predicted molar refractivity (Wildman–Crippen MR) is 76.3 cm³/mol. The number of aldehydes is 1. The second-order valence-electron chi connectivity index (χ2n) is 5.17. The molecule has 0 radical (unpaired) electrons. The summed E-state index contributed by atoms with van der Waals surface area (Å²) in [5, 5.41) is 74.8. The Hall–Kier alpha value is -0.340. The van der Waals surface area contributed by atoms with E-state index in [-0.39, 0.29) is 6.29 Å². The zero-order valence-corrected chi connectivity index (χ0v) is 12.8. The summed E-state index contributed by atoms with van der Waals surface area (Å²) in [6.07, 6.45) is -11.1. The van der Waals surface area contributed by atoms with E-state index in [2.05, 4.69) is 0 Å². The Morgan fingerprint density at radius 3 is 2.13 bits per heavy atom. The van der Waals surface area contributed by atoms with E-state index >= 15 is 0 Å². The summed E-state index contributed by atoms with van der Waals surface area (Å²) < 4.78 is 5.19. The molecule has 1 rings (SSSR count). The number of rotatable bonds is 8. The maximum Gasteiger partial charge on any atom is 0.149 e. The van der Waals surface area contributed by atoms with Crippen LogP contribution in [-0.2, 0) is 9.53 Å². The van der Waals surface area contributed by atoms with E-state index in [1.54, 1.807) is 0 Å². The van der Waals surface area contributed by atoms with E-state index in [1.807, 2.05) is 0 Å². The molecule has 23 heavy (non-hydrogen) atoms. The average molecular weight is 358 g/mol. The molecule has 1 heterocycles. The molecule has 11 heteroatoms. The zero-order valence-electron chi connectivity index (χ0n) is 12.0. The number of carbonyl (C=O) groups excluding carboxylic acids is 1. The molecule has 1 aliphatic rings. The second-order valence-corrected chi connectivity index (χ2v) is 6.45. The van der Waals surface area contributed by atoms with Gasteiger partial charge in [0.05, 0.1) is 24.6 Å². The smallest absolute Gasteiger partial charge is 0.149 e. The lowest BCUT2D eigenvalue weighted by atomic mass is 10.0. The van der Waals surface area contributed by atoms with Gasteiger partial charge < -0.3 is 50.4 Å². The molecule has 0 aromatic carbocycles. The Balaban J connectivity index is 2.91. The Bertz CT molecular complexity index is 370. The van der Waals surface area contributed by atoms with Gasteiger partial charge in [0.1, 0.15) is 48.3 Å². The van der Waals surface area contributed by atoms with Crippen molar-refractivity contribution in [2.45, 2.75) is 53.4 Å². The fraction of sp³-hybridized carbons (Fsp3) is 0.917. The molecule has 1 saturated heterocycles. The van der Waals surface area contributed by atoms with E-state index in [0.717, 1.165) is 0 Å². The van der Waals surface area contributed by atoms with Crippen LogP contribution in [-0.4, -0.2) is 114 Å². The van der Waals surface area contributed by atoms with Crippen LogP contribution in [0.5, 0.6) is 0 Å². The third kappa shape index (κ3) is 4.82. The predicted octanol–water partition coefficient (Wildman–Crippen LogP) is -4.84. The summed E-state index contributed by atoms with van der Waals surface area (Å²) in [4.78, 5) is 10.8. The molecule has 0 spiro atoms. The summed E-state index contributed by atoms with van der Waals surface area (Å²) in [7, 11) is 0. The molecule has 0 aliphatic carbocycles. The van der Waals surface area contributed by atoms with Gasteiger partial charge in [0.25, 0.3) is 0 Å². The highest BCUT2D eigenvalue weighted by atomic mass is 32.2. The highest BCUT2D eigenvalue weighted by Gasteiger charge is 2.46. The first kappa shape index (κ1) is 20.7. The first-order chi connectivity index (χ1) is 10.8. The van der Waals surface area contributed by atoms with Crippen LogP contribution in [0.4, 0.5) is 0 Å². The molecular weight excluding hydrogens is 336 g/mol. The van der Waals surface area contributed by atoms with Crippen molar-refractivity contribution in [3.05, 3.63) is 0 Å². The molecule has 0 bridgehead atoms. The molecule has 0 unspecified atom stereocenters. The van der Waals surface area contributed by atoms with E-state index in [0.29, 0.717) is 11.8 Å². The van der Waals surface area contributed by atoms with Crippen LogP contribution in [0.2, 0.25) is 0 Å². The summed E-state index contributed by atoms with van der Waals surface area (Å²) in [6.45, 7) is -1.50. The molecule has 9 atom stereocenters. The maximum absolute atomic E-state index is 10.8. The van der Waals surface area contributed by atoms with Gasteiger partial charge in [-0.3, -0.25) is 0 Å². The molecule has 0 saturated carbocycles. The van der Waals surface area contributed by atoms with Gasteiger partial charge in [-0.2, -0.15) is 0 Å². The second kappa shape index (κ2) is 9.22. The molecule has 0 aromatic heterocycles. The fourth-order valence-electron chi connectivity index (χ4n) is 2.10. The number of carbonyl (C=O) groups is 1. The minimum absolute atomic E-state index is 0.0923. The molecule has 0 aromatic rings. The Labute approximate surface area is 135 Å². The van der Waals surface area contributed by atoms with Crippen LogP contribution in [0.1, 0.15) is 0 Å². The standard InChI is InChI=1S/C12H22O10S/c13-1-4(16)7(18)11(5(17)2-14)23-12-10(21)9(20)8(19)6(3-15)22-12/h2,4-13,15-21H,1,3H2/t4-,5+,6-,7-,8-,9+,10-,11-,12-/m1/s1. The highest BCUT2D eigenvalue weighted by molar-refractivity contribution is 8.00. The summed E-state index contributed by atoms with van der Waals surface area (Å²) in [5.41, 5.74) is -1.31. The molecule has 8 N–H and O–H groups in total. The number of hydrogen-bond acceptors (Lipinski definition) is 11. The van der Waals surface area contributed by atoms with Crippen LogP contribution >= 0.6 is 11.8 Å². The summed E-state index contributed by atoms with van der Waals surface area (Å²) >= 11 is 0.526. The van der Waals surface area contributed by atoms with E-state index in [1.165, 1.54) is 0 Å². The van der Waals surface area contributed by atoms with Crippen molar-refractivity contribution >= 4 is 18.0 Å². The van der Waals surface area contributed by atoms with E-state index in [9.17, 15) is 35.4 Å². The SMILES string of the molecule is O=C[C@H](O)[C@@H](S[C@H]1O[C@H](CO)[C@@H](O)[C@H](O)[C@H]1O)[C@H](O)[C@H](O)CO. The van der Waals surface area contributed by atoms with Crippen molar-refractivity contribution in [2.24, 2.45) is 0 Å². The first-order valence-corrected chi connectivity index (χ1v) is 7.79. The Morgan fingerprint density at radius 2 is 1.65 bits per heavy atom. The molecule has 10 nitrogen and oxygen atoms in total. The molecule has 1 aliphatic heterocycles. The quantitative estimate of drug-likeness (QED) is 0.194. The minimum Gasteiger partial charge on any atom is -0.394 e. The Kier molecular flexibility index (Phi) is 8.30. The third-order valence-corrected chi connectivity index (χ3v) is 5.06. The molecule has 1 fully saturated rings. The number of ether oxygens (including phenoxy) is 1. The number of aliphatic hydroxyl groups excluding tert-OH is 8. The zero-order chi connectivity index (χ0) is 17.7. The lowest BCUT2D eigenvalue weighted by molar-refractivity contribution is -0.206. The molecular formula is C12H22O10S. The minimum atomic E-state index is -1.76. The molecule has 136 valence electrons. The van der Waals surface area contributed by atoms with Crippen molar-refractivity contribution in [1.29, 1.82) is 0 Å². The maximum atomic E-state index is 10.8. The van der Waals surface area contributed by atoms with Crippen LogP contribution in [0.15, 0.2) is 0 Å². The van der Waals surface area contributed by atoms with Crippen LogP contribution in [0.25, 0.3) is 0 Å². The Morgan fingerprint density at radius 1 is 1.04 bits per heavy atom. The van der Waals surface area contributed by atoms with Gasteiger partial charge in [0, 0.05) is 0 Å².